The number of carbonyl (C=O) groups is 1. The quantitative estimate of drug-likeness (QED) is 0.770. The van der Waals surface area contributed by atoms with E-state index in [1.807, 2.05) is 24.5 Å². The fourth-order valence-electron chi connectivity index (χ4n) is 2.13. The van der Waals surface area contributed by atoms with E-state index in [0.717, 1.165) is 25.8 Å². The number of hydrogen-bond donors (Lipinski definition) is 2. The average molecular weight is 221 g/mol. The van der Waals surface area contributed by atoms with Crippen molar-refractivity contribution in [3.05, 3.63) is 24.5 Å². The number of amides is 1. The molecule has 4 heteroatoms. The lowest BCUT2D eigenvalue weighted by Crippen LogP contribution is -2.50. The summed E-state index contributed by atoms with van der Waals surface area (Å²) in [6.07, 6.45) is 7.00. The second-order valence-corrected chi connectivity index (χ2v) is 4.51. The number of rotatable bonds is 5. The molecule has 4 nitrogen and oxygen atoms in total. The SMILES string of the molecule is NCC1(C(=O)NCCn2cccc2)CCC1. The zero-order valence-electron chi connectivity index (χ0n) is 9.48. The van der Waals surface area contributed by atoms with Crippen molar-refractivity contribution >= 4 is 5.91 Å². The summed E-state index contributed by atoms with van der Waals surface area (Å²) in [6, 6.07) is 3.96. The Kier molecular flexibility index (Phi) is 3.29. The van der Waals surface area contributed by atoms with E-state index < -0.39 is 0 Å². The minimum absolute atomic E-state index is 0.133. The zero-order chi connectivity index (χ0) is 11.4. The van der Waals surface area contributed by atoms with Gasteiger partial charge in [-0.2, -0.15) is 0 Å². The highest BCUT2D eigenvalue weighted by Crippen LogP contribution is 2.39. The third-order valence-electron chi connectivity index (χ3n) is 3.50. The maximum atomic E-state index is 11.9. The highest BCUT2D eigenvalue weighted by atomic mass is 16.2. The molecule has 3 N–H and O–H groups in total. The summed E-state index contributed by atoms with van der Waals surface area (Å²) in [7, 11) is 0. The van der Waals surface area contributed by atoms with Gasteiger partial charge in [-0.05, 0) is 25.0 Å². The van der Waals surface area contributed by atoms with Crippen LogP contribution >= 0.6 is 0 Å². The molecule has 1 heterocycles. The first kappa shape index (κ1) is 11.2. The first-order chi connectivity index (χ1) is 7.77. The van der Waals surface area contributed by atoms with E-state index in [4.69, 9.17) is 5.73 Å². The van der Waals surface area contributed by atoms with Crippen LogP contribution in [-0.2, 0) is 11.3 Å². The Labute approximate surface area is 95.8 Å². The second kappa shape index (κ2) is 4.70. The van der Waals surface area contributed by atoms with Crippen LogP contribution in [0.15, 0.2) is 24.5 Å². The molecular formula is C12H19N3O. The van der Waals surface area contributed by atoms with Crippen LogP contribution < -0.4 is 11.1 Å². The van der Waals surface area contributed by atoms with Crippen LogP contribution in [0.5, 0.6) is 0 Å². The molecule has 0 aliphatic heterocycles. The van der Waals surface area contributed by atoms with Gasteiger partial charge in [0.1, 0.15) is 0 Å². The topological polar surface area (TPSA) is 60.1 Å². The van der Waals surface area contributed by atoms with E-state index in [9.17, 15) is 4.79 Å². The van der Waals surface area contributed by atoms with Crippen LogP contribution in [0.25, 0.3) is 0 Å². The zero-order valence-corrected chi connectivity index (χ0v) is 9.48. The number of nitrogens with one attached hydrogen (secondary N) is 1. The Morgan fingerprint density at radius 2 is 2.06 bits per heavy atom. The summed E-state index contributed by atoms with van der Waals surface area (Å²) in [5.41, 5.74) is 5.42. The van der Waals surface area contributed by atoms with Crippen molar-refractivity contribution in [2.75, 3.05) is 13.1 Å². The summed E-state index contributed by atoms with van der Waals surface area (Å²) in [5.74, 6) is 0.133. The van der Waals surface area contributed by atoms with E-state index in [1.165, 1.54) is 0 Å². The molecule has 0 saturated heterocycles. The van der Waals surface area contributed by atoms with Crippen LogP contribution in [0.1, 0.15) is 19.3 Å². The fourth-order valence-corrected chi connectivity index (χ4v) is 2.13. The van der Waals surface area contributed by atoms with Crippen LogP contribution in [0.4, 0.5) is 0 Å². The summed E-state index contributed by atoms with van der Waals surface area (Å²) < 4.78 is 2.05. The van der Waals surface area contributed by atoms with Gasteiger partial charge in [0.05, 0.1) is 5.41 Å². The van der Waals surface area contributed by atoms with Crippen molar-refractivity contribution in [3.8, 4) is 0 Å². The maximum absolute atomic E-state index is 11.9. The molecule has 0 bridgehead atoms. The van der Waals surface area contributed by atoms with Crippen LogP contribution in [0, 0.1) is 5.41 Å². The number of carbonyl (C=O) groups excluding carboxylic acids is 1. The van der Waals surface area contributed by atoms with Gasteiger partial charge in [0.15, 0.2) is 0 Å². The van der Waals surface area contributed by atoms with Crippen molar-refractivity contribution in [1.82, 2.24) is 9.88 Å². The molecule has 0 atom stereocenters. The molecule has 16 heavy (non-hydrogen) atoms. The number of nitrogens with zero attached hydrogens (tertiary/aromatic N) is 1. The first-order valence-electron chi connectivity index (χ1n) is 5.86. The van der Waals surface area contributed by atoms with E-state index in [0.29, 0.717) is 13.1 Å². The summed E-state index contributed by atoms with van der Waals surface area (Å²) in [5, 5.41) is 2.97. The minimum atomic E-state index is -0.253. The summed E-state index contributed by atoms with van der Waals surface area (Å²) in [4.78, 5) is 11.9. The Morgan fingerprint density at radius 1 is 1.38 bits per heavy atom. The van der Waals surface area contributed by atoms with Gasteiger partial charge >= 0.3 is 0 Å². The van der Waals surface area contributed by atoms with Crippen molar-refractivity contribution in [1.29, 1.82) is 0 Å². The molecule has 2 rings (SSSR count). The standard InChI is InChI=1S/C12H19N3O/c13-10-12(4-3-5-12)11(16)14-6-9-15-7-1-2-8-15/h1-2,7-8H,3-6,9-10,13H2,(H,14,16). The average Bonchev–Trinajstić information content (AvgIpc) is 2.70. The molecule has 0 radical (unpaired) electrons. The van der Waals surface area contributed by atoms with Gasteiger partial charge in [0.25, 0.3) is 0 Å². The molecule has 0 unspecified atom stereocenters. The predicted molar refractivity (Wildman–Crippen MR) is 62.8 cm³/mol. The third kappa shape index (κ3) is 2.11. The lowest BCUT2D eigenvalue weighted by atomic mass is 9.68. The van der Waals surface area contributed by atoms with Crippen LogP contribution in [-0.4, -0.2) is 23.6 Å². The maximum Gasteiger partial charge on any atom is 0.227 e. The molecular weight excluding hydrogens is 202 g/mol. The van der Waals surface area contributed by atoms with Crippen molar-refractivity contribution in [2.45, 2.75) is 25.8 Å². The molecule has 1 saturated carbocycles. The Bertz CT molecular complexity index is 336. The Balaban J connectivity index is 1.75. The molecule has 0 aromatic carbocycles. The highest BCUT2D eigenvalue weighted by molar-refractivity contribution is 5.83. The molecule has 1 aliphatic carbocycles. The fraction of sp³-hybridized carbons (Fsp3) is 0.583. The van der Waals surface area contributed by atoms with Gasteiger partial charge in [0.2, 0.25) is 5.91 Å². The third-order valence-corrected chi connectivity index (χ3v) is 3.50. The predicted octanol–water partition coefficient (Wildman–Crippen LogP) is 0.733. The van der Waals surface area contributed by atoms with Crippen LogP contribution in [0.3, 0.4) is 0 Å². The van der Waals surface area contributed by atoms with Crippen LogP contribution in [0.2, 0.25) is 0 Å². The Hall–Kier alpha value is -1.29. The van der Waals surface area contributed by atoms with E-state index in [1.54, 1.807) is 0 Å². The number of aromatic nitrogens is 1. The first-order valence-corrected chi connectivity index (χ1v) is 5.86. The highest BCUT2D eigenvalue weighted by Gasteiger charge is 2.42. The number of nitrogens with two attached hydrogens (primary N) is 1. The lowest BCUT2D eigenvalue weighted by molar-refractivity contribution is -0.135. The molecule has 1 aromatic heterocycles. The van der Waals surface area contributed by atoms with Gasteiger partial charge in [-0.25, -0.2) is 0 Å². The van der Waals surface area contributed by atoms with Gasteiger partial charge in [-0.15, -0.1) is 0 Å². The van der Waals surface area contributed by atoms with Crippen molar-refractivity contribution < 1.29 is 4.79 Å². The van der Waals surface area contributed by atoms with Gasteiger partial charge < -0.3 is 15.6 Å². The summed E-state index contributed by atoms with van der Waals surface area (Å²) in [6.45, 7) is 1.97. The molecule has 1 aromatic rings. The minimum Gasteiger partial charge on any atom is -0.354 e. The molecule has 0 spiro atoms. The Morgan fingerprint density at radius 3 is 2.56 bits per heavy atom. The molecule has 1 amide bonds. The lowest BCUT2D eigenvalue weighted by Gasteiger charge is -2.39. The van der Waals surface area contributed by atoms with Gasteiger partial charge in [-0.3, -0.25) is 4.79 Å². The molecule has 1 aliphatic rings. The largest absolute Gasteiger partial charge is 0.354 e. The number of hydrogen-bond acceptors (Lipinski definition) is 2. The second-order valence-electron chi connectivity index (χ2n) is 4.51. The molecule has 1 fully saturated rings. The van der Waals surface area contributed by atoms with Crippen molar-refractivity contribution in [2.24, 2.45) is 11.1 Å². The normalized spacial score (nSPS) is 17.8. The summed E-state index contributed by atoms with van der Waals surface area (Å²) >= 11 is 0. The van der Waals surface area contributed by atoms with E-state index in [2.05, 4.69) is 9.88 Å². The van der Waals surface area contributed by atoms with Crippen molar-refractivity contribution in [3.63, 3.8) is 0 Å². The van der Waals surface area contributed by atoms with E-state index >= 15 is 0 Å². The monoisotopic (exact) mass is 221 g/mol. The van der Waals surface area contributed by atoms with Gasteiger partial charge in [0, 0.05) is 32.0 Å². The molecule has 88 valence electrons. The smallest absolute Gasteiger partial charge is 0.227 e. The van der Waals surface area contributed by atoms with Gasteiger partial charge in [-0.1, -0.05) is 6.42 Å². The van der Waals surface area contributed by atoms with E-state index in [-0.39, 0.29) is 11.3 Å².